The van der Waals surface area contributed by atoms with Crippen molar-refractivity contribution >= 4 is 11.9 Å². The number of rotatable bonds is 4. The number of hydrogen-bond acceptors (Lipinski definition) is 6. The van der Waals surface area contributed by atoms with E-state index in [0.717, 1.165) is 5.56 Å². The third-order valence-corrected chi connectivity index (χ3v) is 2.79. The molecule has 1 saturated heterocycles. The first-order chi connectivity index (χ1) is 9.12. The number of hydrogen-bond donors (Lipinski definition) is 0. The third-order valence-electron chi connectivity index (χ3n) is 2.79. The van der Waals surface area contributed by atoms with Gasteiger partial charge in [-0.05, 0) is 17.7 Å². The molecule has 0 unspecified atom stereocenters. The third kappa shape index (κ3) is 3.23. The number of esters is 2. The van der Waals surface area contributed by atoms with Crippen molar-refractivity contribution < 1.29 is 23.8 Å². The van der Waals surface area contributed by atoms with Gasteiger partial charge in [-0.1, -0.05) is 6.07 Å². The van der Waals surface area contributed by atoms with Gasteiger partial charge in [0.15, 0.2) is 11.5 Å². The fraction of sp³-hybridized carbons (Fsp3) is 0.385. The molecule has 1 aliphatic rings. The molecule has 19 heavy (non-hydrogen) atoms. The highest BCUT2D eigenvalue weighted by atomic mass is 16.6. The summed E-state index contributed by atoms with van der Waals surface area (Å²) in [6, 6.07) is 5.48. The molecule has 0 atom stereocenters. The first-order valence-electron chi connectivity index (χ1n) is 5.79. The van der Waals surface area contributed by atoms with Crippen molar-refractivity contribution in [2.45, 2.75) is 6.54 Å². The second-order valence-corrected chi connectivity index (χ2v) is 4.18. The van der Waals surface area contributed by atoms with Gasteiger partial charge in [-0.2, -0.15) is 0 Å². The molecule has 0 radical (unpaired) electrons. The Labute approximate surface area is 110 Å². The van der Waals surface area contributed by atoms with Crippen LogP contribution >= 0.6 is 0 Å². The van der Waals surface area contributed by atoms with Crippen molar-refractivity contribution in [1.82, 2.24) is 4.90 Å². The highest BCUT2D eigenvalue weighted by molar-refractivity contribution is 5.90. The van der Waals surface area contributed by atoms with Gasteiger partial charge in [-0.25, -0.2) is 0 Å². The van der Waals surface area contributed by atoms with Crippen LogP contribution in [0.5, 0.6) is 11.5 Å². The van der Waals surface area contributed by atoms with Crippen molar-refractivity contribution in [2.24, 2.45) is 0 Å². The fourth-order valence-corrected chi connectivity index (χ4v) is 1.96. The molecule has 6 heteroatoms. The normalized spacial score (nSPS) is 16.1. The van der Waals surface area contributed by atoms with Gasteiger partial charge in [0.1, 0.15) is 0 Å². The van der Waals surface area contributed by atoms with E-state index in [1.165, 1.54) is 0 Å². The zero-order valence-electron chi connectivity index (χ0n) is 10.8. The van der Waals surface area contributed by atoms with Gasteiger partial charge < -0.3 is 14.2 Å². The summed E-state index contributed by atoms with van der Waals surface area (Å²) in [5, 5.41) is 0. The molecule has 0 spiro atoms. The standard InChI is InChI=1S/C13H15NO5/c1-17-10-4-3-9(5-11(10)18-2)6-14-7-12(15)19-13(16)8-14/h3-5H,6-8H2,1-2H3. The second kappa shape index (κ2) is 5.71. The van der Waals surface area contributed by atoms with E-state index in [-0.39, 0.29) is 13.1 Å². The largest absolute Gasteiger partial charge is 0.493 e. The molecule has 1 heterocycles. The Morgan fingerprint density at radius 2 is 1.74 bits per heavy atom. The summed E-state index contributed by atoms with van der Waals surface area (Å²) in [5.41, 5.74) is 0.931. The number of carbonyl (C=O) groups is 2. The highest BCUT2D eigenvalue weighted by Crippen LogP contribution is 2.28. The summed E-state index contributed by atoms with van der Waals surface area (Å²) in [6.45, 7) is 0.696. The Morgan fingerprint density at radius 1 is 1.11 bits per heavy atom. The van der Waals surface area contributed by atoms with Crippen LogP contribution in [-0.2, 0) is 20.9 Å². The lowest BCUT2D eigenvalue weighted by Gasteiger charge is -2.24. The summed E-state index contributed by atoms with van der Waals surface area (Å²) < 4.78 is 14.8. The van der Waals surface area contributed by atoms with E-state index in [1.54, 1.807) is 25.2 Å². The summed E-state index contributed by atoms with van der Waals surface area (Å²) in [7, 11) is 3.13. The predicted octanol–water partition coefficient (Wildman–Crippen LogP) is 0.589. The Bertz CT molecular complexity index is 484. The molecule has 0 aromatic heterocycles. The van der Waals surface area contributed by atoms with Crippen molar-refractivity contribution in [1.29, 1.82) is 0 Å². The van der Waals surface area contributed by atoms with E-state index in [0.29, 0.717) is 18.0 Å². The fourth-order valence-electron chi connectivity index (χ4n) is 1.96. The number of ether oxygens (including phenoxy) is 3. The monoisotopic (exact) mass is 265 g/mol. The molecular weight excluding hydrogens is 250 g/mol. The molecule has 2 rings (SSSR count). The maximum absolute atomic E-state index is 11.2. The Morgan fingerprint density at radius 3 is 2.32 bits per heavy atom. The van der Waals surface area contributed by atoms with Crippen LogP contribution in [0.1, 0.15) is 5.56 Å². The van der Waals surface area contributed by atoms with Crippen LogP contribution < -0.4 is 9.47 Å². The average Bonchev–Trinajstić information content (AvgIpc) is 2.37. The van der Waals surface area contributed by atoms with Crippen molar-refractivity contribution in [3.05, 3.63) is 23.8 Å². The Balaban J connectivity index is 2.10. The molecule has 1 aliphatic heterocycles. The van der Waals surface area contributed by atoms with Crippen LogP contribution in [0.2, 0.25) is 0 Å². The van der Waals surface area contributed by atoms with Crippen LogP contribution in [0.15, 0.2) is 18.2 Å². The number of nitrogens with zero attached hydrogens (tertiary/aromatic N) is 1. The maximum Gasteiger partial charge on any atom is 0.327 e. The lowest BCUT2D eigenvalue weighted by molar-refractivity contribution is -0.167. The van der Waals surface area contributed by atoms with Gasteiger partial charge >= 0.3 is 11.9 Å². The lowest BCUT2D eigenvalue weighted by Crippen LogP contribution is -2.42. The summed E-state index contributed by atoms with van der Waals surface area (Å²) in [4.78, 5) is 24.1. The lowest BCUT2D eigenvalue weighted by atomic mass is 10.2. The van der Waals surface area contributed by atoms with E-state index in [4.69, 9.17) is 9.47 Å². The van der Waals surface area contributed by atoms with E-state index >= 15 is 0 Å². The number of benzene rings is 1. The van der Waals surface area contributed by atoms with Crippen LogP contribution in [0, 0.1) is 0 Å². The maximum atomic E-state index is 11.2. The van der Waals surface area contributed by atoms with Crippen LogP contribution in [0.4, 0.5) is 0 Å². The smallest absolute Gasteiger partial charge is 0.327 e. The van der Waals surface area contributed by atoms with Crippen LogP contribution in [0.25, 0.3) is 0 Å². The van der Waals surface area contributed by atoms with Crippen molar-refractivity contribution in [3.8, 4) is 11.5 Å². The molecule has 1 aromatic carbocycles. The van der Waals surface area contributed by atoms with E-state index in [2.05, 4.69) is 4.74 Å². The van der Waals surface area contributed by atoms with Crippen molar-refractivity contribution in [2.75, 3.05) is 27.3 Å². The summed E-state index contributed by atoms with van der Waals surface area (Å²) in [6.07, 6.45) is 0. The van der Waals surface area contributed by atoms with Gasteiger partial charge in [0.2, 0.25) is 0 Å². The summed E-state index contributed by atoms with van der Waals surface area (Å²) >= 11 is 0. The average molecular weight is 265 g/mol. The molecule has 0 bridgehead atoms. The van der Waals surface area contributed by atoms with Gasteiger partial charge in [-0.3, -0.25) is 14.5 Å². The second-order valence-electron chi connectivity index (χ2n) is 4.18. The first kappa shape index (κ1) is 13.4. The van der Waals surface area contributed by atoms with Crippen LogP contribution in [-0.4, -0.2) is 44.1 Å². The number of morpholine rings is 1. The number of carbonyl (C=O) groups excluding carboxylic acids is 2. The minimum Gasteiger partial charge on any atom is -0.493 e. The van der Waals surface area contributed by atoms with E-state index in [1.807, 2.05) is 12.1 Å². The van der Waals surface area contributed by atoms with E-state index in [9.17, 15) is 9.59 Å². The molecule has 1 aromatic rings. The molecule has 0 saturated carbocycles. The Kier molecular flexibility index (Phi) is 4.01. The van der Waals surface area contributed by atoms with E-state index < -0.39 is 11.9 Å². The van der Waals surface area contributed by atoms with Crippen molar-refractivity contribution in [3.63, 3.8) is 0 Å². The number of methoxy groups -OCH3 is 2. The summed E-state index contributed by atoms with van der Waals surface area (Å²) in [5.74, 6) is 0.222. The predicted molar refractivity (Wildman–Crippen MR) is 65.9 cm³/mol. The Hall–Kier alpha value is -2.08. The molecule has 102 valence electrons. The highest BCUT2D eigenvalue weighted by Gasteiger charge is 2.24. The minimum absolute atomic E-state index is 0.111. The number of cyclic esters (lactones) is 2. The molecule has 1 fully saturated rings. The molecule has 0 aliphatic carbocycles. The molecule has 0 N–H and O–H groups in total. The zero-order chi connectivity index (χ0) is 13.8. The molecular formula is C13H15NO5. The van der Waals surface area contributed by atoms with Crippen LogP contribution in [0.3, 0.4) is 0 Å². The van der Waals surface area contributed by atoms with Gasteiger partial charge in [-0.15, -0.1) is 0 Å². The van der Waals surface area contributed by atoms with Gasteiger partial charge in [0, 0.05) is 6.54 Å². The SMILES string of the molecule is COc1ccc(CN2CC(=O)OC(=O)C2)cc1OC. The molecule has 6 nitrogen and oxygen atoms in total. The topological polar surface area (TPSA) is 65.1 Å². The molecule has 0 amide bonds. The van der Waals surface area contributed by atoms with Gasteiger partial charge in [0.05, 0.1) is 27.3 Å². The van der Waals surface area contributed by atoms with Gasteiger partial charge in [0.25, 0.3) is 0 Å². The quantitative estimate of drug-likeness (QED) is 0.586. The zero-order valence-corrected chi connectivity index (χ0v) is 10.8. The first-order valence-corrected chi connectivity index (χ1v) is 5.79. The minimum atomic E-state index is -0.517.